The van der Waals surface area contributed by atoms with Crippen molar-refractivity contribution in [1.29, 1.82) is 0 Å². The van der Waals surface area contributed by atoms with Crippen LogP contribution in [0.25, 0.3) is 12.2 Å². The second-order valence-electron chi connectivity index (χ2n) is 11.8. The molecule has 7 rings (SSSR count). The quantitative estimate of drug-likeness (QED) is 0.114. The van der Waals surface area contributed by atoms with Crippen LogP contribution in [0.15, 0.2) is 70.9 Å². The summed E-state index contributed by atoms with van der Waals surface area (Å²) >= 11 is 0. The minimum absolute atomic E-state index is 0.0346. The lowest BCUT2D eigenvalue weighted by atomic mass is 10.0. The fourth-order valence-electron chi connectivity index (χ4n) is 5.73. The van der Waals surface area contributed by atoms with Crippen molar-refractivity contribution in [2.45, 2.75) is 51.5 Å². The standard InChI is InChI=1S/C21H25N5O2.C16H17N5O/c22-21-24-8-7-19(26-21)25-17-11-15(18-14-23-13-16(18)12-17)5-1-3-9-27-20-6-2-4-10-28-20;17-16-19-5-4-15(21-16)20-13-7-11(3-1-2-6-22)14-10-18-9-12(14)8-13/h1,5,7-8,11-13,20H,2-4,6,9-10,14H2,(H3,22,24,25,26);1,3-5,7-9,22H,2,6,10H2,(H3,17,19,20,21)/b5-1+;3-1+. The average Bonchev–Trinajstić information content (AvgIpc) is 3.79. The van der Waals surface area contributed by atoms with Gasteiger partial charge in [0.1, 0.15) is 11.6 Å². The molecular weight excluding hydrogens is 632 g/mol. The number of nitrogen functional groups attached to an aromatic ring is 2. The number of hydrogen-bond acceptors (Lipinski definition) is 13. The maximum Gasteiger partial charge on any atom is 0.221 e. The van der Waals surface area contributed by atoms with E-state index in [4.69, 9.17) is 26.0 Å². The fourth-order valence-corrected chi connectivity index (χ4v) is 5.73. The molecule has 0 spiro atoms. The van der Waals surface area contributed by atoms with Gasteiger partial charge in [0.15, 0.2) is 6.29 Å². The highest BCUT2D eigenvalue weighted by Gasteiger charge is 2.15. The molecule has 5 heterocycles. The van der Waals surface area contributed by atoms with Crippen molar-refractivity contribution >= 4 is 59.5 Å². The summed E-state index contributed by atoms with van der Waals surface area (Å²) in [6, 6.07) is 11.8. The maximum absolute atomic E-state index is 8.90. The van der Waals surface area contributed by atoms with E-state index in [9.17, 15) is 0 Å². The molecule has 258 valence electrons. The van der Waals surface area contributed by atoms with Crippen molar-refractivity contribution in [2.75, 3.05) is 41.9 Å². The molecule has 2 aromatic heterocycles. The van der Waals surface area contributed by atoms with E-state index < -0.39 is 0 Å². The summed E-state index contributed by atoms with van der Waals surface area (Å²) in [6.07, 6.45) is 20.1. The van der Waals surface area contributed by atoms with Gasteiger partial charge in [-0.15, -0.1) is 0 Å². The van der Waals surface area contributed by atoms with Crippen LogP contribution < -0.4 is 22.1 Å². The van der Waals surface area contributed by atoms with Crippen molar-refractivity contribution < 1.29 is 14.6 Å². The van der Waals surface area contributed by atoms with E-state index in [1.165, 1.54) is 17.5 Å². The highest BCUT2D eigenvalue weighted by Crippen LogP contribution is 2.29. The van der Waals surface area contributed by atoms with Gasteiger partial charge < -0.3 is 36.7 Å². The number of nitrogens with zero attached hydrogens (tertiary/aromatic N) is 6. The molecule has 50 heavy (non-hydrogen) atoms. The van der Waals surface area contributed by atoms with Crippen LogP contribution >= 0.6 is 0 Å². The lowest BCUT2D eigenvalue weighted by molar-refractivity contribution is -0.161. The van der Waals surface area contributed by atoms with Gasteiger partial charge in [0, 0.05) is 49.4 Å². The monoisotopic (exact) mass is 674 g/mol. The summed E-state index contributed by atoms with van der Waals surface area (Å²) in [5.74, 6) is 1.79. The molecule has 7 N–H and O–H groups in total. The molecular formula is C37H42N10O3. The fraction of sp³-hybridized carbons (Fsp3) is 0.297. The molecule has 0 aliphatic carbocycles. The van der Waals surface area contributed by atoms with Gasteiger partial charge >= 0.3 is 0 Å². The van der Waals surface area contributed by atoms with Gasteiger partial charge in [-0.05, 0) is 102 Å². The largest absolute Gasteiger partial charge is 0.396 e. The van der Waals surface area contributed by atoms with Gasteiger partial charge in [-0.3, -0.25) is 9.98 Å². The van der Waals surface area contributed by atoms with Gasteiger partial charge in [-0.25, -0.2) is 9.97 Å². The summed E-state index contributed by atoms with van der Waals surface area (Å²) in [6.45, 7) is 3.02. The topological polar surface area (TPSA) is 191 Å². The van der Waals surface area contributed by atoms with Crippen molar-refractivity contribution in [1.82, 2.24) is 19.9 Å². The molecule has 13 nitrogen and oxygen atoms in total. The Morgan fingerprint density at radius 1 is 0.800 bits per heavy atom. The maximum atomic E-state index is 8.90. The van der Waals surface area contributed by atoms with Crippen LogP contribution in [0.1, 0.15) is 65.5 Å². The number of aromatic nitrogens is 4. The Hall–Kier alpha value is -5.50. The number of nitrogens with two attached hydrogens (primary N) is 2. The molecule has 0 amide bonds. The van der Waals surface area contributed by atoms with Crippen molar-refractivity contribution in [3.05, 3.63) is 94.3 Å². The van der Waals surface area contributed by atoms with E-state index in [-0.39, 0.29) is 24.8 Å². The number of aliphatic imine (C=N–C) groups is 2. The molecule has 3 aliphatic rings. The number of nitrogens with one attached hydrogen (secondary N) is 2. The normalized spacial score (nSPS) is 16.0. The lowest BCUT2D eigenvalue weighted by Crippen LogP contribution is -2.22. The van der Waals surface area contributed by atoms with Crippen LogP contribution in [0.5, 0.6) is 0 Å². The number of benzene rings is 2. The van der Waals surface area contributed by atoms with Crippen molar-refractivity contribution in [2.24, 2.45) is 9.98 Å². The Bertz CT molecular complexity index is 1890. The first kappa shape index (κ1) is 34.4. The summed E-state index contributed by atoms with van der Waals surface area (Å²) < 4.78 is 11.4. The Labute approximate surface area is 291 Å². The number of hydrogen-bond donors (Lipinski definition) is 5. The van der Waals surface area contributed by atoms with Gasteiger partial charge in [0.2, 0.25) is 11.9 Å². The van der Waals surface area contributed by atoms with Crippen LogP contribution in [0.4, 0.5) is 34.9 Å². The number of rotatable bonds is 12. The van der Waals surface area contributed by atoms with Crippen LogP contribution in [-0.4, -0.2) is 63.6 Å². The van der Waals surface area contributed by atoms with E-state index in [2.05, 4.69) is 64.8 Å². The third-order valence-corrected chi connectivity index (χ3v) is 8.11. The van der Waals surface area contributed by atoms with Crippen LogP contribution in [0.2, 0.25) is 0 Å². The second-order valence-corrected chi connectivity index (χ2v) is 11.8. The molecule has 0 radical (unpaired) electrons. The third-order valence-electron chi connectivity index (χ3n) is 8.11. The van der Waals surface area contributed by atoms with E-state index in [1.54, 1.807) is 24.5 Å². The molecule has 3 aliphatic heterocycles. The highest BCUT2D eigenvalue weighted by atomic mass is 16.7. The zero-order chi connectivity index (χ0) is 34.5. The van der Waals surface area contributed by atoms with Crippen molar-refractivity contribution in [3.63, 3.8) is 0 Å². The SMILES string of the molecule is Nc1nccc(Nc2cc3c(c(/C=C/CCO)c2)CN=C3)n1.Nc1nccc(Nc2cc3c(c(/C=C/CCOC4CCCCO4)c2)CN=C3)n1. The van der Waals surface area contributed by atoms with Crippen LogP contribution in [0.3, 0.4) is 0 Å². The predicted octanol–water partition coefficient (Wildman–Crippen LogP) is 5.81. The molecule has 1 saturated heterocycles. The first-order valence-electron chi connectivity index (χ1n) is 16.8. The number of ether oxygens (including phenoxy) is 2. The second kappa shape index (κ2) is 17.2. The third kappa shape index (κ3) is 9.56. The van der Waals surface area contributed by atoms with Crippen molar-refractivity contribution in [3.8, 4) is 0 Å². The number of aliphatic hydroxyl groups excluding tert-OH is 1. The predicted molar refractivity (Wildman–Crippen MR) is 199 cm³/mol. The minimum atomic E-state index is -0.0346. The molecule has 0 bridgehead atoms. The van der Waals surface area contributed by atoms with Gasteiger partial charge in [0.05, 0.1) is 19.7 Å². The molecule has 1 atom stereocenters. The van der Waals surface area contributed by atoms with Gasteiger partial charge in [-0.1, -0.05) is 24.3 Å². The van der Waals surface area contributed by atoms with E-state index in [0.29, 0.717) is 37.8 Å². The summed E-state index contributed by atoms with van der Waals surface area (Å²) in [7, 11) is 0. The Kier molecular flexibility index (Phi) is 11.9. The Morgan fingerprint density at radius 2 is 1.38 bits per heavy atom. The molecule has 1 fully saturated rings. The van der Waals surface area contributed by atoms with Gasteiger partial charge in [-0.2, -0.15) is 9.97 Å². The average molecular weight is 675 g/mol. The van der Waals surface area contributed by atoms with E-state index >= 15 is 0 Å². The van der Waals surface area contributed by atoms with Crippen LogP contribution in [0, 0.1) is 0 Å². The van der Waals surface area contributed by atoms with E-state index in [0.717, 1.165) is 59.5 Å². The lowest BCUT2D eigenvalue weighted by Gasteiger charge is -2.22. The molecule has 0 saturated carbocycles. The van der Waals surface area contributed by atoms with Crippen LogP contribution in [-0.2, 0) is 22.6 Å². The number of aliphatic hydroxyl groups is 1. The Morgan fingerprint density at radius 3 is 1.90 bits per heavy atom. The highest BCUT2D eigenvalue weighted by molar-refractivity contribution is 5.90. The smallest absolute Gasteiger partial charge is 0.221 e. The first-order chi connectivity index (χ1) is 24.5. The summed E-state index contributed by atoms with van der Waals surface area (Å²) in [5, 5.41) is 15.4. The van der Waals surface area contributed by atoms with Gasteiger partial charge in [0.25, 0.3) is 0 Å². The number of anilines is 6. The first-order valence-corrected chi connectivity index (χ1v) is 16.8. The zero-order valence-electron chi connectivity index (χ0n) is 27.8. The molecule has 2 aromatic carbocycles. The molecule has 1 unspecified atom stereocenters. The summed E-state index contributed by atoms with van der Waals surface area (Å²) in [5.41, 5.74) is 20.0. The van der Waals surface area contributed by atoms with E-state index in [1.807, 2.05) is 36.7 Å². The number of fused-ring (bicyclic) bond motifs is 2. The summed E-state index contributed by atoms with van der Waals surface area (Å²) in [4.78, 5) is 24.9. The molecule has 4 aromatic rings. The molecule has 13 heteroatoms. The Balaban J connectivity index is 0.000000178. The zero-order valence-corrected chi connectivity index (χ0v) is 27.8. The minimum Gasteiger partial charge on any atom is -0.396 e.